The lowest BCUT2D eigenvalue weighted by Crippen LogP contribution is -2.45. The highest BCUT2D eigenvalue weighted by Gasteiger charge is 2.52. The first-order valence-electron chi connectivity index (χ1n) is 5.01. The van der Waals surface area contributed by atoms with E-state index >= 15 is 0 Å². The Morgan fingerprint density at radius 2 is 2.38 bits per heavy atom. The second kappa shape index (κ2) is 3.26. The number of esters is 1. The third-order valence-electron chi connectivity index (χ3n) is 3.45. The number of rotatable bonds is 1. The molecule has 3 heteroatoms. The van der Waals surface area contributed by atoms with E-state index in [-0.39, 0.29) is 16.4 Å². The summed E-state index contributed by atoms with van der Waals surface area (Å²) in [5.74, 6) is 0.460. The quantitative estimate of drug-likeness (QED) is 0.526. The Balaban J connectivity index is 2.24. The molecule has 2 fully saturated rings. The molecular weight excluding hydrogens is 232 g/mol. The van der Waals surface area contributed by atoms with E-state index in [2.05, 4.69) is 22.9 Å². The zero-order chi connectivity index (χ0) is 9.47. The molecule has 1 aliphatic carbocycles. The maximum atomic E-state index is 11.3. The van der Waals surface area contributed by atoms with Crippen molar-refractivity contribution >= 4 is 21.9 Å². The Kier molecular flexibility index (Phi) is 2.39. The van der Waals surface area contributed by atoms with E-state index in [1.165, 1.54) is 12.8 Å². The van der Waals surface area contributed by atoms with E-state index in [1.807, 2.05) is 0 Å². The fourth-order valence-electron chi connectivity index (χ4n) is 2.71. The molecule has 0 amide bonds. The van der Waals surface area contributed by atoms with E-state index < -0.39 is 0 Å². The van der Waals surface area contributed by atoms with E-state index in [0.29, 0.717) is 12.3 Å². The molecule has 0 N–H and O–H groups in total. The highest BCUT2D eigenvalue weighted by molar-refractivity contribution is 9.09. The van der Waals surface area contributed by atoms with E-state index in [1.54, 1.807) is 0 Å². The molecule has 1 aliphatic heterocycles. The molecule has 3 atom stereocenters. The molecule has 0 bridgehead atoms. The van der Waals surface area contributed by atoms with Crippen LogP contribution >= 0.6 is 15.9 Å². The van der Waals surface area contributed by atoms with Crippen molar-refractivity contribution in [2.24, 2.45) is 5.92 Å². The summed E-state index contributed by atoms with van der Waals surface area (Å²) in [6.07, 6.45) is 5.27. The van der Waals surface area contributed by atoms with Gasteiger partial charge in [0.25, 0.3) is 0 Å². The SMILES string of the molecule is CC(Br)C12CCCCC1CC(=O)O2. The second-order valence-electron chi connectivity index (χ2n) is 4.19. The smallest absolute Gasteiger partial charge is 0.306 e. The van der Waals surface area contributed by atoms with Gasteiger partial charge in [0, 0.05) is 5.92 Å². The number of fused-ring (bicyclic) bond motifs is 1. The molecule has 1 heterocycles. The normalized spacial score (nSPS) is 41.1. The van der Waals surface area contributed by atoms with Crippen molar-refractivity contribution in [1.82, 2.24) is 0 Å². The Morgan fingerprint density at radius 3 is 3.00 bits per heavy atom. The van der Waals surface area contributed by atoms with Crippen molar-refractivity contribution in [2.75, 3.05) is 0 Å². The van der Waals surface area contributed by atoms with Crippen LogP contribution in [0.15, 0.2) is 0 Å². The Bertz CT molecular complexity index is 227. The van der Waals surface area contributed by atoms with Gasteiger partial charge in [0.1, 0.15) is 5.60 Å². The fraction of sp³-hybridized carbons (Fsp3) is 0.900. The van der Waals surface area contributed by atoms with E-state index in [4.69, 9.17) is 4.74 Å². The predicted molar refractivity (Wildman–Crippen MR) is 53.8 cm³/mol. The van der Waals surface area contributed by atoms with Crippen molar-refractivity contribution in [3.63, 3.8) is 0 Å². The number of carbonyl (C=O) groups is 1. The monoisotopic (exact) mass is 246 g/mol. The molecule has 2 aliphatic rings. The van der Waals surface area contributed by atoms with Gasteiger partial charge in [-0.1, -0.05) is 22.4 Å². The summed E-state index contributed by atoms with van der Waals surface area (Å²) in [7, 11) is 0. The van der Waals surface area contributed by atoms with Crippen LogP contribution in [0.3, 0.4) is 0 Å². The van der Waals surface area contributed by atoms with Crippen molar-refractivity contribution < 1.29 is 9.53 Å². The molecule has 0 spiro atoms. The van der Waals surface area contributed by atoms with Crippen LogP contribution in [-0.4, -0.2) is 16.4 Å². The van der Waals surface area contributed by atoms with Crippen LogP contribution in [0.4, 0.5) is 0 Å². The van der Waals surface area contributed by atoms with Gasteiger partial charge in [0.05, 0.1) is 11.2 Å². The highest BCUT2D eigenvalue weighted by Crippen LogP contribution is 2.47. The third kappa shape index (κ3) is 1.41. The lowest BCUT2D eigenvalue weighted by atomic mass is 9.74. The van der Waals surface area contributed by atoms with Crippen molar-refractivity contribution in [1.29, 1.82) is 0 Å². The van der Waals surface area contributed by atoms with Gasteiger partial charge in [-0.15, -0.1) is 0 Å². The summed E-state index contributed by atoms with van der Waals surface area (Å²) in [5, 5.41) is 0. The van der Waals surface area contributed by atoms with Gasteiger partial charge in [-0.3, -0.25) is 4.79 Å². The average molecular weight is 247 g/mol. The van der Waals surface area contributed by atoms with Crippen LogP contribution in [-0.2, 0) is 9.53 Å². The van der Waals surface area contributed by atoms with Gasteiger partial charge in [-0.25, -0.2) is 0 Å². The molecule has 0 aromatic carbocycles. The van der Waals surface area contributed by atoms with Crippen molar-refractivity contribution in [3.05, 3.63) is 0 Å². The van der Waals surface area contributed by atoms with Crippen molar-refractivity contribution in [3.8, 4) is 0 Å². The van der Waals surface area contributed by atoms with Crippen LogP contribution in [0, 0.1) is 5.92 Å². The molecular formula is C10H15BrO2. The van der Waals surface area contributed by atoms with Crippen molar-refractivity contribution in [2.45, 2.75) is 49.5 Å². The summed E-state index contributed by atoms with van der Waals surface area (Å²) >= 11 is 3.58. The molecule has 0 aromatic heterocycles. The number of halogens is 1. The Morgan fingerprint density at radius 1 is 1.62 bits per heavy atom. The summed E-state index contributed by atoms with van der Waals surface area (Å²) < 4.78 is 5.53. The van der Waals surface area contributed by atoms with Gasteiger partial charge in [0.2, 0.25) is 0 Å². The van der Waals surface area contributed by atoms with E-state index in [9.17, 15) is 4.79 Å². The van der Waals surface area contributed by atoms with Crippen LogP contribution in [0.5, 0.6) is 0 Å². The average Bonchev–Trinajstić information content (AvgIpc) is 2.41. The number of carbonyl (C=O) groups excluding carboxylic acids is 1. The summed E-state index contributed by atoms with van der Waals surface area (Å²) in [6, 6.07) is 0. The molecule has 2 rings (SSSR count). The minimum absolute atomic E-state index is 0.00167. The van der Waals surface area contributed by atoms with Crippen LogP contribution < -0.4 is 0 Å². The Labute approximate surface area is 87.2 Å². The minimum atomic E-state index is -0.171. The molecule has 0 aromatic rings. The molecule has 2 nitrogen and oxygen atoms in total. The maximum Gasteiger partial charge on any atom is 0.306 e. The zero-order valence-corrected chi connectivity index (χ0v) is 9.47. The topological polar surface area (TPSA) is 26.3 Å². The van der Waals surface area contributed by atoms with E-state index in [0.717, 1.165) is 12.8 Å². The van der Waals surface area contributed by atoms with Gasteiger partial charge in [-0.05, 0) is 26.2 Å². The first kappa shape index (κ1) is 9.50. The van der Waals surface area contributed by atoms with Gasteiger partial charge in [-0.2, -0.15) is 0 Å². The lowest BCUT2D eigenvalue weighted by Gasteiger charge is -2.39. The highest BCUT2D eigenvalue weighted by atomic mass is 79.9. The summed E-state index contributed by atoms with van der Waals surface area (Å²) in [4.78, 5) is 11.6. The number of alkyl halides is 1. The first-order chi connectivity index (χ1) is 6.15. The van der Waals surface area contributed by atoms with Gasteiger partial charge >= 0.3 is 5.97 Å². The fourth-order valence-corrected chi connectivity index (χ4v) is 3.41. The Hall–Kier alpha value is -0.0500. The molecule has 3 unspecified atom stereocenters. The number of hydrogen-bond acceptors (Lipinski definition) is 2. The summed E-state index contributed by atoms with van der Waals surface area (Å²) in [6.45, 7) is 2.09. The zero-order valence-electron chi connectivity index (χ0n) is 7.88. The van der Waals surface area contributed by atoms with Crippen LogP contribution in [0.2, 0.25) is 0 Å². The van der Waals surface area contributed by atoms with Crippen LogP contribution in [0.25, 0.3) is 0 Å². The lowest BCUT2D eigenvalue weighted by molar-refractivity contribution is -0.150. The largest absolute Gasteiger partial charge is 0.458 e. The molecule has 1 saturated heterocycles. The molecule has 74 valence electrons. The molecule has 1 saturated carbocycles. The first-order valence-corrected chi connectivity index (χ1v) is 5.92. The number of hydrogen-bond donors (Lipinski definition) is 0. The van der Waals surface area contributed by atoms with Crippen LogP contribution in [0.1, 0.15) is 39.0 Å². The predicted octanol–water partition coefficient (Wildman–Crippen LogP) is 2.65. The number of ether oxygens (including phenoxy) is 1. The third-order valence-corrected chi connectivity index (χ3v) is 4.23. The minimum Gasteiger partial charge on any atom is -0.458 e. The van der Waals surface area contributed by atoms with Gasteiger partial charge < -0.3 is 4.74 Å². The van der Waals surface area contributed by atoms with Gasteiger partial charge in [0.15, 0.2) is 0 Å². The second-order valence-corrected chi connectivity index (χ2v) is 5.57. The standard InChI is InChI=1S/C10H15BrO2/c1-7(11)10-5-3-2-4-8(10)6-9(12)13-10/h7-8H,2-6H2,1H3. The molecule has 13 heavy (non-hydrogen) atoms. The maximum absolute atomic E-state index is 11.3. The summed E-state index contributed by atoms with van der Waals surface area (Å²) in [5.41, 5.74) is -0.171. The molecule has 0 radical (unpaired) electrons.